The molecule has 2 rings (SSSR count). The van der Waals surface area contributed by atoms with Crippen LogP contribution < -0.4 is 10.1 Å². The Balaban J connectivity index is 2.34. The van der Waals surface area contributed by atoms with Crippen molar-refractivity contribution in [1.82, 2.24) is 4.37 Å². The third-order valence-corrected chi connectivity index (χ3v) is 3.27. The average Bonchev–Trinajstić information content (AvgIpc) is 2.69. The second-order valence-corrected chi connectivity index (χ2v) is 4.94. The zero-order valence-electron chi connectivity index (χ0n) is 9.20. The van der Waals surface area contributed by atoms with Crippen molar-refractivity contribution in [2.45, 2.75) is 0 Å². The highest BCUT2D eigenvalue weighted by molar-refractivity contribution is 7.10. The van der Waals surface area contributed by atoms with Gasteiger partial charge in [0.05, 0.1) is 7.11 Å². The molecule has 4 nitrogen and oxygen atoms in total. The minimum absolute atomic E-state index is 0.304. The van der Waals surface area contributed by atoms with Gasteiger partial charge in [0.1, 0.15) is 11.1 Å². The highest BCUT2D eigenvalue weighted by atomic mass is 35.5. The number of anilines is 2. The third-order valence-electron chi connectivity index (χ3n) is 2.09. The zero-order valence-corrected chi connectivity index (χ0v) is 11.5. The van der Waals surface area contributed by atoms with Crippen molar-refractivity contribution in [3.05, 3.63) is 33.8 Å². The molecular weight excluding hydrogens is 293 g/mol. The van der Waals surface area contributed by atoms with Gasteiger partial charge in [-0.2, -0.15) is 9.64 Å². The lowest BCUT2D eigenvalue weighted by Crippen LogP contribution is -1.91. The van der Waals surface area contributed by atoms with Gasteiger partial charge in [-0.1, -0.05) is 23.2 Å². The largest absolute Gasteiger partial charge is 0.479 e. The summed E-state index contributed by atoms with van der Waals surface area (Å²) in [5.74, 6) is 0.304. The quantitative estimate of drug-likeness (QED) is 0.928. The molecule has 1 heterocycles. The number of nitrogens with zero attached hydrogens (tertiary/aromatic N) is 2. The molecular formula is C11H7Cl2N3OS. The van der Waals surface area contributed by atoms with Crippen LogP contribution in [0.3, 0.4) is 0 Å². The summed E-state index contributed by atoms with van der Waals surface area (Å²) >= 11 is 12.9. The van der Waals surface area contributed by atoms with Gasteiger partial charge in [0.2, 0.25) is 5.88 Å². The summed E-state index contributed by atoms with van der Waals surface area (Å²) in [6.07, 6.45) is 0. The number of benzene rings is 1. The molecule has 2 aromatic rings. The summed E-state index contributed by atoms with van der Waals surface area (Å²) in [6.45, 7) is 0. The normalized spacial score (nSPS) is 9.89. The van der Waals surface area contributed by atoms with E-state index in [-0.39, 0.29) is 0 Å². The number of halogens is 2. The molecule has 1 N–H and O–H groups in total. The van der Waals surface area contributed by atoms with E-state index in [0.717, 1.165) is 11.5 Å². The molecule has 1 aromatic heterocycles. The molecule has 0 bridgehead atoms. The molecule has 0 amide bonds. The van der Waals surface area contributed by atoms with E-state index in [4.69, 9.17) is 33.2 Å². The summed E-state index contributed by atoms with van der Waals surface area (Å²) < 4.78 is 9.00. The second kappa shape index (κ2) is 5.44. The smallest absolute Gasteiger partial charge is 0.245 e. The van der Waals surface area contributed by atoms with Gasteiger partial charge in [0.15, 0.2) is 5.56 Å². The molecule has 18 heavy (non-hydrogen) atoms. The van der Waals surface area contributed by atoms with Crippen LogP contribution in [0.15, 0.2) is 18.2 Å². The number of methoxy groups -OCH3 is 1. The number of nitrogens with one attached hydrogen (secondary N) is 1. The van der Waals surface area contributed by atoms with Crippen LogP contribution in [0.4, 0.5) is 10.7 Å². The fourth-order valence-corrected chi connectivity index (χ4v) is 2.61. The highest BCUT2D eigenvalue weighted by Crippen LogP contribution is 2.33. The molecule has 0 aliphatic carbocycles. The van der Waals surface area contributed by atoms with E-state index in [0.29, 0.717) is 32.2 Å². The number of hydrogen-bond acceptors (Lipinski definition) is 5. The molecule has 0 radical (unpaired) electrons. The van der Waals surface area contributed by atoms with Crippen molar-refractivity contribution in [1.29, 1.82) is 5.26 Å². The van der Waals surface area contributed by atoms with E-state index in [1.165, 1.54) is 7.11 Å². The van der Waals surface area contributed by atoms with Gasteiger partial charge in [0, 0.05) is 15.7 Å². The van der Waals surface area contributed by atoms with Crippen LogP contribution in [-0.2, 0) is 0 Å². The Bertz CT molecular complexity index is 601. The number of nitriles is 1. The third kappa shape index (κ3) is 2.67. The van der Waals surface area contributed by atoms with Crippen LogP contribution in [0.1, 0.15) is 5.56 Å². The fraction of sp³-hybridized carbons (Fsp3) is 0.0909. The number of rotatable bonds is 3. The fourth-order valence-electron chi connectivity index (χ4n) is 1.36. The highest BCUT2D eigenvalue weighted by Gasteiger charge is 2.14. The molecule has 1 aromatic carbocycles. The second-order valence-electron chi connectivity index (χ2n) is 3.29. The molecule has 0 aliphatic heterocycles. The van der Waals surface area contributed by atoms with Crippen molar-refractivity contribution in [2.24, 2.45) is 0 Å². The van der Waals surface area contributed by atoms with E-state index < -0.39 is 0 Å². The summed E-state index contributed by atoms with van der Waals surface area (Å²) in [4.78, 5) is 0. The lowest BCUT2D eigenvalue weighted by atomic mass is 10.3. The van der Waals surface area contributed by atoms with Crippen molar-refractivity contribution >= 4 is 45.4 Å². The van der Waals surface area contributed by atoms with Crippen molar-refractivity contribution < 1.29 is 4.74 Å². The number of hydrogen-bond donors (Lipinski definition) is 1. The van der Waals surface area contributed by atoms with E-state index in [1.54, 1.807) is 18.2 Å². The summed E-state index contributed by atoms with van der Waals surface area (Å²) in [5, 5.41) is 13.7. The van der Waals surface area contributed by atoms with Crippen molar-refractivity contribution in [3.8, 4) is 11.9 Å². The maximum Gasteiger partial charge on any atom is 0.245 e. The van der Waals surface area contributed by atoms with E-state index >= 15 is 0 Å². The zero-order chi connectivity index (χ0) is 13.1. The Hall–Kier alpha value is -1.48. The number of aromatic nitrogens is 1. The van der Waals surface area contributed by atoms with Gasteiger partial charge in [-0.05, 0) is 29.7 Å². The Morgan fingerprint density at radius 3 is 2.56 bits per heavy atom. The predicted octanol–water partition coefficient (Wildman–Crippen LogP) is 4.07. The SMILES string of the molecule is COc1nsc(Nc2cc(Cl)cc(Cl)c2)c1C#N. The van der Waals surface area contributed by atoms with Crippen LogP contribution in [0.25, 0.3) is 0 Å². The van der Waals surface area contributed by atoms with Crippen LogP contribution in [0.5, 0.6) is 5.88 Å². The standard InChI is InChI=1S/C11H7Cl2N3OS/c1-17-10-9(5-14)11(18-16-10)15-8-3-6(12)2-7(13)4-8/h2-4,15H,1H3. The van der Waals surface area contributed by atoms with Crippen LogP contribution in [0.2, 0.25) is 10.0 Å². The van der Waals surface area contributed by atoms with Gasteiger partial charge in [-0.15, -0.1) is 0 Å². The molecule has 0 unspecified atom stereocenters. The summed E-state index contributed by atoms with van der Waals surface area (Å²) in [5.41, 5.74) is 1.05. The molecule has 7 heteroatoms. The summed E-state index contributed by atoms with van der Waals surface area (Å²) in [7, 11) is 1.47. The molecule has 92 valence electrons. The average molecular weight is 300 g/mol. The molecule has 0 aliphatic rings. The van der Waals surface area contributed by atoms with E-state index in [2.05, 4.69) is 9.69 Å². The first-order valence-corrected chi connectivity index (χ1v) is 6.34. The lowest BCUT2D eigenvalue weighted by molar-refractivity contribution is 0.401. The van der Waals surface area contributed by atoms with Gasteiger partial charge in [-0.3, -0.25) is 0 Å². The summed E-state index contributed by atoms with van der Waals surface area (Å²) in [6, 6.07) is 7.09. The topological polar surface area (TPSA) is 57.9 Å². The predicted molar refractivity (Wildman–Crippen MR) is 73.1 cm³/mol. The van der Waals surface area contributed by atoms with Crippen LogP contribution in [0, 0.1) is 11.3 Å². The molecule has 0 saturated carbocycles. The lowest BCUT2D eigenvalue weighted by Gasteiger charge is -2.05. The monoisotopic (exact) mass is 299 g/mol. The number of ether oxygens (including phenoxy) is 1. The Kier molecular flexibility index (Phi) is 3.92. The Morgan fingerprint density at radius 2 is 2.00 bits per heavy atom. The van der Waals surface area contributed by atoms with Crippen LogP contribution in [-0.4, -0.2) is 11.5 Å². The Labute approximate surface area is 118 Å². The van der Waals surface area contributed by atoms with Crippen molar-refractivity contribution in [2.75, 3.05) is 12.4 Å². The maximum absolute atomic E-state index is 9.05. The first-order chi connectivity index (χ1) is 8.63. The van der Waals surface area contributed by atoms with Crippen molar-refractivity contribution in [3.63, 3.8) is 0 Å². The van der Waals surface area contributed by atoms with Crippen LogP contribution >= 0.6 is 34.7 Å². The molecule has 0 fully saturated rings. The van der Waals surface area contributed by atoms with Gasteiger partial charge in [-0.25, -0.2) is 0 Å². The first kappa shape index (κ1) is 13.0. The molecule has 0 spiro atoms. The first-order valence-electron chi connectivity index (χ1n) is 4.81. The van der Waals surface area contributed by atoms with E-state index in [9.17, 15) is 0 Å². The molecule has 0 atom stereocenters. The van der Waals surface area contributed by atoms with Gasteiger partial charge < -0.3 is 10.1 Å². The minimum atomic E-state index is 0.304. The molecule has 0 saturated heterocycles. The van der Waals surface area contributed by atoms with Gasteiger partial charge in [0.25, 0.3) is 0 Å². The minimum Gasteiger partial charge on any atom is -0.479 e. The maximum atomic E-state index is 9.05. The van der Waals surface area contributed by atoms with E-state index in [1.807, 2.05) is 6.07 Å². The van der Waals surface area contributed by atoms with Gasteiger partial charge >= 0.3 is 0 Å². The Morgan fingerprint density at radius 1 is 1.33 bits per heavy atom.